The monoisotopic (exact) mass is 378 g/mol. The van der Waals surface area contributed by atoms with Crippen LogP contribution in [-0.4, -0.2) is 35.5 Å². The number of H-pyrrole nitrogens is 1. The Hall–Kier alpha value is -3.61. The minimum Gasteiger partial charge on any atom is -0.497 e. The summed E-state index contributed by atoms with van der Waals surface area (Å²) in [6.07, 6.45) is 0. The fraction of sp³-hybridized carbons (Fsp3) is 0.190. The van der Waals surface area contributed by atoms with E-state index in [1.54, 1.807) is 13.2 Å². The van der Waals surface area contributed by atoms with Crippen LogP contribution in [0.2, 0.25) is 0 Å². The van der Waals surface area contributed by atoms with Crippen LogP contribution < -0.4 is 14.9 Å². The number of methoxy groups -OCH3 is 1. The Kier molecular flexibility index (Phi) is 6.06. The van der Waals surface area contributed by atoms with Gasteiger partial charge >= 0.3 is 0 Å². The summed E-state index contributed by atoms with van der Waals surface area (Å²) < 4.78 is 10.6. The lowest BCUT2D eigenvalue weighted by Gasteiger charge is -2.04. The third-order valence-electron chi connectivity index (χ3n) is 4.10. The number of nitrogens with zero attached hydrogens (tertiary/aromatic N) is 2. The number of aromatic nitrogens is 2. The minimum absolute atomic E-state index is 0.325. The number of carbonyl (C=O) groups excluding carboxylic acids is 1. The molecule has 7 heteroatoms. The lowest BCUT2D eigenvalue weighted by atomic mass is 10.1. The number of benzene rings is 2. The van der Waals surface area contributed by atoms with Crippen molar-refractivity contribution in [2.45, 2.75) is 13.8 Å². The summed E-state index contributed by atoms with van der Waals surface area (Å²) >= 11 is 0. The van der Waals surface area contributed by atoms with E-state index in [-0.39, 0.29) is 5.91 Å². The molecule has 0 unspecified atom stereocenters. The summed E-state index contributed by atoms with van der Waals surface area (Å²) in [5.74, 6) is 1.15. The number of hydrogen-bond acceptors (Lipinski definition) is 5. The van der Waals surface area contributed by atoms with Crippen molar-refractivity contribution in [2.75, 3.05) is 13.7 Å². The number of carbonyl (C=O) groups is 1. The highest BCUT2D eigenvalue weighted by molar-refractivity contribution is 6.00. The van der Waals surface area contributed by atoms with Gasteiger partial charge in [-0.3, -0.25) is 9.89 Å². The molecule has 7 nitrogen and oxygen atoms in total. The van der Waals surface area contributed by atoms with Crippen LogP contribution in [0.25, 0.3) is 11.3 Å². The van der Waals surface area contributed by atoms with Gasteiger partial charge in [0.25, 0.3) is 5.91 Å². The summed E-state index contributed by atoms with van der Waals surface area (Å²) in [5.41, 5.74) is 5.95. The first-order chi connectivity index (χ1) is 13.6. The Balaban J connectivity index is 1.68. The van der Waals surface area contributed by atoms with E-state index in [2.05, 4.69) is 20.7 Å². The van der Waals surface area contributed by atoms with E-state index < -0.39 is 0 Å². The van der Waals surface area contributed by atoms with Gasteiger partial charge in [0.2, 0.25) is 0 Å². The van der Waals surface area contributed by atoms with Crippen molar-refractivity contribution in [3.05, 3.63) is 65.9 Å². The number of rotatable bonds is 7. The molecule has 0 saturated carbocycles. The molecule has 1 amide bonds. The molecule has 0 atom stereocenters. The molecular weight excluding hydrogens is 356 g/mol. The molecule has 144 valence electrons. The number of nitrogens with one attached hydrogen (secondary N) is 2. The van der Waals surface area contributed by atoms with Crippen molar-refractivity contribution in [2.24, 2.45) is 5.10 Å². The zero-order chi connectivity index (χ0) is 19.9. The summed E-state index contributed by atoms with van der Waals surface area (Å²) in [7, 11) is 1.60. The molecule has 0 aliphatic heterocycles. The number of hydrazone groups is 1. The van der Waals surface area contributed by atoms with Crippen molar-refractivity contribution >= 4 is 11.6 Å². The van der Waals surface area contributed by atoms with Gasteiger partial charge in [0.15, 0.2) is 0 Å². The van der Waals surface area contributed by atoms with Crippen molar-refractivity contribution in [3.8, 4) is 22.8 Å². The van der Waals surface area contributed by atoms with Gasteiger partial charge in [0.05, 0.1) is 25.1 Å². The largest absolute Gasteiger partial charge is 0.497 e. The van der Waals surface area contributed by atoms with Crippen molar-refractivity contribution < 1.29 is 14.3 Å². The zero-order valence-electron chi connectivity index (χ0n) is 16.0. The molecule has 2 aromatic carbocycles. The second-order valence-electron chi connectivity index (χ2n) is 5.99. The molecule has 0 radical (unpaired) electrons. The molecular formula is C21H22N4O3. The molecule has 3 aromatic rings. The van der Waals surface area contributed by atoms with Crippen LogP contribution in [0.15, 0.2) is 59.7 Å². The molecule has 0 aliphatic carbocycles. The van der Waals surface area contributed by atoms with E-state index in [1.807, 2.05) is 62.4 Å². The Morgan fingerprint density at radius 3 is 2.64 bits per heavy atom. The van der Waals surface area contributed by atoms with Gasteiger partial charge < -0.3 is 9.47 Å². The SMILES string of the molecule is CCOc1ccc(-c2cc(C(=O)NN=C(C)c3cccc(OC)c3)[nH]n2)cc1. The van der Waals surface area contributed by atoms with Gasteiger partial charge in [-0.25, -0.2) is 5.43 Å². The van der Waals surface area contributed by atoms with Crippen LogP contribution >= 0.6 is 0 Å². The fourth-order valence-electron chi connectivity index (χ4n) is 2.58. The zero-order valence-corrected chi connectivity index (χ0v) is 16.0. The Morgan fingerprint density at radius 1 is 1.14 bits per heavy atom. The number of hydrogen-bond donors (Lipinski definition) is 2. The lowest BCUT2D eigenvalue weighted by molar-refractivity contribution is 0.0950. The maximum Gasteiger partial charge on any atom is 0.289 e. The Bertz CT molecular complexity index is 977. The van der Waals surface area contributed by atoms with Crippen LogP contribution in [0.5, 0.6) is 11.5 Å². The molecule has 3 rings (SSSR count). The smallest absolute Gasteiger partial charge is 0.289 e. The average molecular weight is 378 g/mol. The normalized spacial score (nSPS) is 11.2. The molecule has 1 heterocycles. The first kappa shape index (κ1) is 19.2. The second-order valence-corrected chi connectivity index (χ2v) is 5.99. The molecule has 0 bridgehead atoms. The van der Waals surface area contributed by atoms with Crippen molar-refractivity contribution in [3.63, 3.8) is 0 Å². The lowest BCUT2D eigenvalue weighted by Crippen LogP contribution is -2.19. The van der Waals surface area contributed by atoms with Crippen LogP contribution in [0.4, 0.5) is 0 Å². The first-order valence-corrected chi connectivity index (χ1v) is 8.88. The van der Waals surface area contributed by atoms with Gasteiger partial charge in [-0.2, -0.15) is 10.2 Å². The maximum absolute atomic E-state index is 12.4. The topological polar surface area (TPSA) is 88.6 Å². The van der Waals surface area contributed by atoms with E-state index in [4.69, 9.17) is 9.47 Å². The van der Waals surface area contributed by atoms with Gasteiger partial charge in [0.1, 0.15) is 17.2 Å². The van der Waals surface area contributed by atoms with E-state index >= 15 is 0 Å². The predicted molar refractivity (Wildman–Crippen MR) is 108 cm³/mol. The number of amides is 1. The highest BCUT2D eigenvalue weighted by Crippen LogP contribution is 2.21. The highest BCUT2D eigenvalue weighted by atomic mass is 16.5. The average Bonchev–Trinajstić information content (AvgIpc) is 3.23. The van der Waals surface area contributed by atoms with Gasteiger partial charge in [-0.1, -0.05) is 12.1 Å². The molecule has 28 heavy (non-hydrogen) atoms. The van der Waals surface area contributed by atoms with Gasteiger partial charge in [-0.15, -0.1) is 0 Å². The standard InChI is InChI=1S/C21H22N4O3/c1-4-28-17-10-8-15(9-11-17)19-13-20(24-23-19)21(26)25-22-14(2)16-6-5-7-18(12-16)27-3/h5-13H,4H2,1-3H3,(H,23,24)(H,25,26). The minimum atomic E-state index is -0.369. The summed E-state index contributed by atoms with van der Waals surface area (Å²) in [6.45, 7) is 4.36. The van der Waals surface area contributed by atoms with Crippen LogP contribution in [0.3, 0.4) is 0 Å². The summed E-state index contributed by atoms with van der Waals surface area (Å²) in [5, 5.41) is 11.1. The quantitative estimate of drug-likeness (QED) is 0.485. The third-order valence-corrected chi connectivity index (χ3v) is 4.10. The van der Waals surface area contributed by atoms with Crippen molar-refractivity contribution in [1.29, 1.82) is 0 Å². The maximum atomic E-state index is 12.4. The van der Waals surface area contributed by atoms with E-state index in [9.17, 15) is 4.79 Å². The molecule has 0 saturated heterocycles. The van der Waals surface area contributed by atoms with Crippen LogP contribution in [-0.2, 0) is 0 Å². The Labute approximate surface area is 163 Å². The van der Waals surface area contributed by atoms with Crippen LogP contribution in [0.1, 0.15) is 29.9 Å². The number of ether oxygens (including phenoxy) is 2. The molecule has 0 spiro atoms. The van der Waals surface area contributed by atoms with Gasteiger partial charge in [-0.05, 0) is 56.3 Å². The summed E-state index contributed by atoms with van der Waals surface area (Å²) in [4.78, 5) is 12.4. The molecule has 0 fully saturated rings. The Morgan fingerprint density at radius 2 is 1.93 bits per heavy atom. The predicted octanol–water partition coefficient (Wildman–Crippen LogP) is 3.64. The fourth-order valence-corrected chi connectivity index (χ4v) is 2.58. The van der Waals surface area contributed by atoms with Gasteiger partial charge in [0, 0.05) is 11.1 Å². The van der Waals surface area contributed by atoms with Crippen molar-refractivity contribution in [1.82, 2.24) is 15.6 Å². The first-order valence-electron chi connectivity index (χ1n) is 8.88. The van der Waals surface area contributed by atoms with E-state index in [0.29, 0.717) is 23.7 Å². The molecule has 2 N–H and O–H groups in total. The van der Waals surface area contributed by atoms with E-state index in [1.165, 1.54) is 0 Å². The number of aromatic amines is 1. The van der Waals surface area contributed by atoms with E-state index in [0.717, 1.165) is 22.6 Å². The van der Waals surface area contributed by atoms with Crippen LogP contribution in [0, 0.1) is 0 Å². The second kappa shape index (κ2) is 8.85. The third kappa shape index (κ3) is 4.56. The molecule has 0 aliphatic rings. The molecule has 1 aromatic heterocycles. The summed E-state index contributed by atoms with van der Waals surface area (Å²) in [6, 6.07) is 16.7. The highest BCUT2D eigenvalue weighted by Gasteiger charge is 2.11.